The van der Waals surface area contributed by atoms with Gasteiger partial charge >= 0.3 is 0 Å². The molecule has 0 saturated carbocycles. The second-order valence-corrected chi connectivity index (χ2v) is 6.43. The summed E-state index contributed by atoms with van der Waals surface area (Å²) in [5.74, 6) is -0.0615. The number of carbonyl (C=O) groups excluding carboxylic acids is 1. The Kier molecular flexibility index (Phi) is 5.12. The molecule has 1 unspecified atom stereocenters. The van der Waals surface area contributed by atoms with Crippen LogP contribution in [0.15, 0.2) is 17.5 Å². The summed E-state index contributed by atoms with van der Waals surface area (Å²) in [5.41, 5.74) is 5.10. The largest absolute Gasteiger partial charge is 0.392 e. The third-order valence-corrected chi connectivity index (χ3v) is 5.23. The molecule has 6 heteroatoms. The normalized spacial score (nSPS) is 19.2. The van der Waals surface area contributed by atoms with Gasteiger partial charge in [-0.05, 0) is 30.7 Å². The predicted molar refractivity (Wildman–Crippen MR) is 84.8 cm³/mol. The molecule has 1 amide bonds. The van der Waals surface area contributed by atoms with Crippen LogP contribution < -0.4 is 11.1 Å². The lowest BCUT2D eigenvalue weighted by atomic mass is 9.79. The van der Waals surface area contributed by atoms with E-state index in [1.54, 1.807) is 11.3 Å². The first kappa shape index (κ1) is 15.4. The maximum absolute atomic E-state index is 12.7. The molecule has 1 fully saturated rings. The highest BCUT2D eigenvalue weighted by Gasteiger charge is 2.43. The van der Waals surface area contributed by atoms with Crippen molar-refractivity contribution in [3.63, 3.8) is 0 Å². The number of amides is 1. The Labute approximate surface area is 128 Å². The van der Waals surface area contributed by atoms with Gasteiger partial charge in [-0.2, -0.15) is 0 Å². The minimum atomic E-state index is -0.752. The van der Waals surface area contributed by atoms with Gasteiger partial charge < -0.3 is 15.8 Å². The van der Waals surface area contributed by atoms with Gasteiger partial charge in [0.15, 0.2) is 0 Å². The number of ether oxygens (including phenoxy) is 1. The summed E-state index contributed by atoms with van der Waals surface area (Å²) in [5, 5.41) is 5.13. The molecule has 1 saturated heterocycles. The lowest BCUT2D eigenvalue weighted by Crippen LogP contribution is -2.52. The molecule has 110 valence electrons. The Balaban J connectivity index is 2.14. The van der Waals surface area contributed by atoms with Crippen molar-refractivity contribution in [1.29, 1.82) is 0 Å². The Hall–Kier alpha value is -0.980. The van der Waals surface area contributed by atoms with Gasteiger partial charge in [0.25, 0.3) is 0 Å². The van der Waals surface area contributed by atoms with Crippen molar-refractivity contribution in [2.45, 2.75) is 32.2 Å². The highest BCUT2D eigenvalue weighted by atomic mass is 32.1. The van der Waals surface area contributed by atoms with Crippen LogP contribution in [0.4, 0.5) is 0 Å². The topological polar surface area (TPSA) is 64.4 Å². The van der Waals surface area contributed by atoms with Crippen molar-refractivity contribution < 1.29 is 9.53 Å². The summed E-state index contributed by atoms with van der Waals surface area (Å²) in [6, 6.07) is 4.06. The van der Waals surface area contributed by atoms with Crippen molar-refractivity contribution >= 4 is 34.5 Å². The summed E-state index contributed by atoms with van der Waals surface area (Å²) in [7, 11) is 0. The minimum Gasteiger partial charge on any atom is -0.392 e. The summed E-state index contributed by atoms with van der Waals surface area (Å²) >= 11 is 6.81. The van der Waals surface area contributed by atoms with Gasteiger partial charge in [-0.15, -0.1) is 11.3 Å². The fraction of sp³-hybridized carbons (Fsp3) is 0.571. The zero-order valence-electron chi connectivity index (χ0n) is 11.6. The van der Waals surface area contributed by atoms with Crippen LogP contribution in [-0.2, 0) is 9.53 Å². The molecular weight excluding hydrogens is 292 g/mol. The quantitative estimate of drug-likeness (QED) is 0.820. The first-order valence-corrected chi connectivity index (χ1v) is 8.11. The summed E-state index contributed by atoms with van der Waals surface area (Å²) in [4.78, 5) is 14.1. The van der Waals surface area contributed by atoms with Crippen molar-refractivity contribution in [3.8, 4) is 0 Å². The molecule has 1 atom stereocenters. The molecule has 2 heterocycles. The van der Waals surface area contributed by atoms with E-state index in [1.807, 2.05) is 17.5 Å². The standard InChI is InChI=1S/C14H20N2O2S2/c1-2-10(11-4-3-9-20-11)16-13(17)14(12(15)19)5-7-18-8-6-14/h3-4,9-10H,2,5-8H2,1H3,(H2,15,19)(H,16,17). The first-order chi connectivity index (χ1) is 9.60. The van der Waals surface area contributed by atoms with Gasteiger partial charge in [-0.1, -0.05) is 25.2 Å². The molecule has 1 aromatic rings. The number of hydrogen-bond acceptors (Lipinski definition) is 4. The molecule has 4 nitrogen and oxygen atoms in total. The molecule has 1 aliphatic rings. The lowest BCUT2D eigenvalue weighted by molar-refractivity contribution is -0.132. The van der Waals surface area contributed by atoms with Crippen molar-refractivity contribution in [2.75, 3.05) is 13.2 Å². The Morgan fingerprint density at radius 3 is 2.80 bits per heavy atom. The maximum atomic E-state index is 12.7. The zero-order chi connectivity index (χ0) is 14.6. The van der Waals surface area contributed by atoms with Crippen molar-refractivity contribution in [1.82, 2.24) is 5.32 Å². The van der Waals surface area contributed by atoms with Crippen LogP contribution in [-0.4, -0.2) is 24.1 Å². The van der Waals surface area contributed by atoms with Gasteiger partial charge in [0.05, 0.1) is 11.0 Å². The molecule has 0 aliphatic carbocycles. The Bertz CT molecular complexity index is 468. The van der Waals surface area contributed by atoms with Crippen LogP contribution >= 0.6 is 23.6 Å². The number of thiophene rings is 1. The highest BCUT2D eigenvalue weighted by molar-refractivity contribution is 7.80. The summed E-state index contributed by atoms with van der Waals surface area (Å²) in [6.45, 7) is 3.11. The van der Waals surface area contributed by atoms with Crippen LogP contribution in [0.3, 0.4) is 0 Å². The monoisotopic (exact) mass is 312 g/mol. The van der Waals surface area contributed by atoms with Crippen molar-refractivity contribution in [3.05, 3.63) is 22.4 Å². The Morgan fingerprint density at radius 1 is 1.60 bits per heavy atom. The number of carbonyl (C=O) groups is 1. The smallest absolute Gasteiger partial charge is 0.233 e. The lowest BCUT2D eigenvalue weighted by Gasteiger charge is -2.35. The molecule has 1 aliphatic heterocycles. The fourth-order valence-electron chi connectivity index (χ4n) is 2.47. The Morgan fingerprint density at radius 2 is 2.30 bits per heavy atom. The molecule has 0 spiro atoms. The van der Waals surface area contributed by atoms with Crippen LogP contribution in [0.1, 0.15) is 37.1 Å². The molecule has 1 aromatic heterocycles. The second-order valence-electron chi connectivity index (χ2n) is 5.01. The zero-order valence-corrected chi connectivity index (χ0v) is 13.2. The minimum absolute atomic E-state index is 0.0246. The molecule has 0 bridgehead atoms. The van der Waals surface area contributed by atoms with E-state index in [0.29, 0.717) is 26.1 Å². The van der Waals surface area contributed by atoms with Gasteiger partial charge in [0.2, 0.25) is 5.91 Å². The van der Waals surface area contributed by atoms with Crippen molar-refractivity contribution in [2.24, 2.45) is 11.1 Å². The van der Waals surface area contributed by atoms with Crippen LogP contribution in [0.2, 0.25) is 0 Å². The van der Waals surface area contributed by atoms with E-state index in [9.17, 15) is 4.79 Å². The van der Waals surface area contributed by atoms with Crippen LogP contribution in [0.5, 0.6) is 0 Å². The van der Waals surface area contributed by atoms with E-state index >= 15 is 0 Å². The average molecular weight is 312 g/mol. The van der Waals surface area contributed by atoms with E-state index in [0.717, 1.165) is 11.3 Å². The van der Waals surface area contributed by atoms with E-state index < -0.39 is 5.41 Å². The van der Waals surface area contributed by atoms with Crippen LogP contribution in [0.25, 0.3) is 0 Å². The highest BCUT2D eigenvalue weighted by Crippen LogP contribution is 2.33. The molecule has 3 N–H and O–H groups in total. The van der Waals surface area contributed by atoms with Gasteiger partial charge in [-0.25, -0.2) is 0 Å². The molecule has 20 heavy (non-hydrogen) atoms. The van der Waals surface area contributed by atoms with E-state index in [-0.39, 0.29) is 16.9 Å². The van der Waals surface area contributed by atoms with Gasteiger partial charge in [0, 0.05) is 18.1 Å². The predicted octanol–water partition coefficient (Wildman–Crippen LogP) is 2.40. The average Bonchev–Trinajstić information content (AvgIpc) is 2.99. The molecule has 0 radical (unpaired) electrons. The second kappa shape index (κ2) is 6.65. The number of hydrogen-bond donors (Lipinski definition) is 2. The third kappa shape index (κ3) is 3.02. The third-order valence-electron chi connectivity index (χ3n) is 3.85. The number of thiocarbonyl (C=S) groups is 1. The number of nitrogens with two attached hydrogens (primary N) is 1. The van der Waals surface area contributed by atoms with E-state index in [4.69, 9.17) is 22.7 Å². The van der Waals surface area contributed by atoms with E-state index in [2.05, 4.69) is 12.2 Å². The molecule has 2 rings (SSSR count). The fourth-order valence-corrected chi connectivity index (χ4v) is 3.62. The summed E-state index contributed by atoms with van der Waals surface area (Å²) < 4.78 is 5.34. The van der Waals surface area contributed by atoms with Gasteiger partial charge in [-0.3, -0.25) is 4.79 Å². The van der Waals surface area contributed by atoms with Crippen LogP contribution in [0, 0.1) is 5.41 Å². The summed E-state index contributed by atoms with van der Waals surface area (Å²) in [6.07, 6.45) is 1.97. The molecular formula is C14H20N2O2S2. The number of nitrogens with one attached hydrogen (secondary N) is 1. The first-order valence-electron chi connectivity index (χ1n) is 6.82. The molecule has 0 aromatic carbocycles. The SMILES string of the molecule is CCC(NC(=O)C1(C(N)=S)CCOCC1)c1cccs1. The van der Waals surface area contributed by atoms with Gasteiger partial charge in [0.1, 0.15) is 5.41 Å². The van der Waals surface area contributed by atoms with E-state index in [1.165, 1.54) is 0 Å². The number of rotatable bonds is 5. The maximum Gasteiger partial charge on any atom is 0.233 e.